The number of piperazine rings is 1. The molecule has 0 bridgehead atoms. The molecule has 1 aromatic carbocycles. The lowest BCUT2D eigenvalue weighted by Crippen LogP contribution is -2.69. The summed E-state index contributed by atoms with van der Waals surface area (Å²) in [6, 6.07) is 3.90. The van der Waals surface area contributed by atoms with Gasteiger partial charge in [-0.1, -0.05) is 12.8 Å². The zero-order valence-corrected chi connectivity index (χ0v) is 17.1. The maximum Gasteiger partial charge on any atom is 0.318 e. The Labute approximate surface area is 175 Å². The Morgan fingerprint density at radius 1 is 1.17 bits per heavy atom. The van der Waals surface area contributed by atoms with Crippen LogP contribution in [0.25, 0.3) is 0 Å². The molecule has 1 aliphatic carbocycles. The highest BCUT2D eigenvalue weighted by Gasteiger charge is 2.45. The molecule has 4 rings (SSSR count). The molecular weight excluding hydrogens is 388 g/mol. The number of urea groups is 1. The van der Waals surface area contributed by atoms with Crippen molar-refractivity contribution in [2.24, 2.45) is 0 Å². The molecule has 9 nitrogen and oxygen atoms in total. The molecular formula is C21H28N4O5. The van der Waals surface area contributed by atoms with E-state index in [1.54, 1.807) is 23.1 Å². The van der Waals surface area contributed by atoms with E-state index in [1.807, 2.05) is 6.92 Å². The first-order valence-corrected chi connectivity index (χ1v) is 10.6. The Morgan fingerprint density at radius 2 is 1.93 bits per heavy atom. The van der Waals surface area contributed by atoms with Crippen LogP contribution in [-0.4, -0.2) is 60.6 Å². The van der Waals surface area contributed by atoms with Crippen LogP contribution in [0.5, 0.6) is 11.5 Å². The molecule has 1 saturated heterocycles. The van der Waals surface area contributed by atoms with Crippen LogP contribution in [0.15, 0.2) is 18.2 Å². The Kier molecular flexibility index (Phi) is 5.96. The molecule has 1 saturated carbocycles. The second-order valence-corrected chi connectivity index (χ2v) is 7.84. The summed E-state index contributed by atoms with van der Waals surface area (Å²) in [5.74, 6) is 0.595. The minimum absolute atomic E-state index is 0.0500. The van der Waals surface area contributed by atoms with E-state index in [0.717, 1.165) is 25.7 Å². The molecule has 0 spiro atoms. The van der Waals surface area contributed by atoms with Crippen molar-refractivity contribution < 1.29 is 23.9 Å². The van der Waals surface area contributed by atoms with E-state index in [1.165, 1.54) is 0 Å². The predicted molar refractivity (Wildman–Crippen MR) is 110 cm³/mol. The molecule has 1 aromatic rings. The van der Waals surface area contributed by atoms with Gasteiger partial charge in [-0.3, -0.25) is 9.59 Å². The van der Waals surface area contributed by atoms with Gasteiger partial charge in [0.2, 0.25) is 11.8 Å². The van der Waals surface area contributed by atoms with Gasteiger partial charge in [0.1, 0.15) is 19.3 Å². The maximum atomic E-state index is 12.8. The molecule has 3 N–H and O–H groups in total. The van der Waals surface area contributed by atoms with E-state index >= 15 is 0 Å². The second kappa shape index (κ2) is 8.81. The van der Waals surface area contributed by atoms with Gasteiger partial charge in [-0.25, -0.2) is 4.79 Å². The smallest absolute Gasteiger partial charge is 0.318 e. The Hall–Kier alpha value is -2.97. The Bertz CT molecular complexity index is 830. The van der Waals surface area contributed by atoms with Gasteiger partial charge in [-0.2, -0.15) is 0 Å². The van der Waals surface area contributed by atoms with Gasteiger partial charge in [-0.05, 0) is 31.9 Å². The molecule has 3 atom stereocenters. The summed E-state index contributed by atoms with van der Waals surface area (Å²) in [6.45, 7) is 3.25. The number of benzene rings is 1. The molecule has 2 heterocycles. The number of hydrogen-bond acceptors (Lipinski definition) is 5. The summed E-state index contributed by atoms with van der Waals surface area (Å²) in [5.41, 5.74) is 0.556. The number of hydrogen-bond donors (Lipinski definition) is 3. The number of anilines is 1. The van der Waals surface area contributed by atoms with E-state index in [4.69, 9.17) is 9.47 Å². The molecule has 0 unspecified atom stereocenters. The normalized spacial score (nSPS) is 25.0. The lowest BCUT2D eigenvalue weighted by atomic mass is 9.85. The molecule has 162 valence electrons. The number of ether oxygens (including phenoxy) is 2. The average molecular weight is 416 g/mol. The third-order valence-electron chi connectivity index (χ3n) is 5.82. The van der Waals surface area contributed by atoms with E-state index in [2.05, 4.69) is 16.0 Å². The monoisotopic (exact) mass is 416 g/mol. The SMILES string of the molecule is CCNC(=O)N1[C@@H](CC(=O)Nc2ccc3c(c2)OCCO3)C(=O)N[C@@H]2CCCC[C@@H]21. The fraction of sp³-hybridized carbons (Fsp3) is 0.571. The first-order chi connectivity index (χ1) is 14.6. The fourth-order valence-electron chi connectivity index (χ4n) is 4.48. The van der Waals surface area contributed by atoms with Crippen molar-refractivity contribution in [3.63, 3.8) is 0 Å². The lowest BCUT2D eigenvalue weighted by Gasteiger charge is -2.47. The van der Waals surface area contributed by atoms with E-state index in [0.29, 0.717) is 36.9 Å². The Balaban J connectivity index is 1.48. The van der Waals surface area contributed by atoms with Crippen LogP contribution in [0, 0.1) is 0 Å². The van der Waals surface area contributed by atoms with Crippen molar-refractivity contribution >= 4 is 23.5 Å². The molecule has 2 aliphatic heterocycles. The number of carbonyl (C=O) groups is 3. The quantitative estimate of drug-likeness (QED) is 0.691. The zero-order chi connectivity index (χ0) is 21.1. The van der Waals surface area contributed by atoms with Crippen molar-refractivity contribution in [3.8, 4) is 11.5 Å². The number of nitrogens with zero attached hydrogens (tertiary/aromatic N) is 1. The third-order valence-corrected chi connectivity index (χ3v) is 5.82. The molecule has 0 radical (unpaired) electrons. The molecule has 0 aromatic heterocycles. The van der Waals surface area contributed by atoms with Crippen LogP contribution in [0.3, 0.4) is 0 Å². The van der Waals surface area contributed by atoms with Gasteiger partial charge in [-0.15, -0.1) is 0 Å². The van der Waals surface area contributed by atoms with E-state index in [9.17, 15) is 14.4 Å². The molecule has 3 aliphatic rings. The highest BCUT2D eigenvalue weighted by Crippen LogP contribution is 2.33. The summed E-state index contributed by atoms with van der Waals surface area (Å²) in [7, 11) is 0. The molecule has 4 amide bonds. The predicted octanol–water partition coefficient (Wildman–Crippen LogP) is 1.63. The second-order valence-electron chi connectivity index (χ2n) is 7.84. The van der Waals surface area contributed by atoms with E-state index in [-0.39, 0.29) is 36.3 Å². The van der Waals surface area contributed by atoms with Gasteiger partial charge in [0.15, 0.2) is 11.5 Å². The number of amides is 4. The molecule has 9 heteroatoms. The fourth-order valence-corrected chi connectivity index (χ4v) is 4.48. The third kappa shape index (κ3) is 4.15. The minimum atomic E-state index is -0.840. The molecule has 2 fully saturated rings. The van der Waals surface area contributed by atoms with Crippen LogP contribution >= 0.6 is 0 Å². The standard InChI is InChI=1S/C21H28N4O5/c1-2-22-21(28)25-15-6-4-3-5-14(15)24-20(27)16(25)12-19(26)23-13-7-8-17-18(11-13)30-10-9-29-17/h7-8,11,14-16H,2-6,9-10,12H2,1H3,(H,22,28)(H,23,26)(H,24,27)/t14-,15+,16+/m1/s1. The highest BCUT2D eigenvalue weighted by atomic mass is 16.6. The number of nitrogens with one attached hydrogen (secondary N) is 3. The average Bonchev–Trinajstić information content (AvgIpc) is 2.74. The van der Waals surface area contributed by atoms with E-state index < -0.39 is 6.04 Å². The highest BCUT2D eigenvalue weighted by molar-refractivity contribution is 5.97. The van der Waals surface area contributed by atoms with Gasteiger partial charge < -0.3 is 30.3 Å². The zero-order valence-electron chi connectivity index (χ0n) is 17.1. The van der Waals surface area contributed by atoms with Crippen LogP contribution in [0.1, 0.15) is 39.0 Å². The topological polar surface area (TPSA) is 109 Å². The number of rotatable bonds is 4. The minimum Gasteiger partial charge on any atom is -0.486 e. The van der Waals surface area contributed by atoms with Gasteiger partial charge in [0.05, 0.1) is 12.5 Å². The summed E-state index contributed by atoms with van der Waals surface area (Å²) in [4.78, 5) is 39.9. The van der Waals surface area contributed by atoms with Crippen molar-refractivity contribution in [2.45, 2.75) is 57.2 Å². The van der Waals surface area contributed by atoms with Crippen LogP contribution in [-0.2, 0) is 9.59 Å². The number of carbonyl (C=O) groups excluding carboxylic acids is 3. The maximum absolute atomic E-state index is 12.8. The summed E-state index contributed by atoms with van der Waals surface area (Å²) >= 11 is 0. The van der Waals surface area contributed by atoms with Gasteiger partial charge in [0, 0.05) is 24.3 Å². The number of fused-ring (bicyclic) bond motifs is 2. The molecule has 30 heavy (non-hydrogen) atoms. The summed E-state index contributed by atoms with van der Waals surface area (Å²) in [6.07, 6.45) is 3.59. The van der Waals surface area contributed by atoms with Crippen LogP contribution in [0.4, 0.5) is 10.5 Å². The first-order valence-electron chi connectivity index (χ1n) is 10.6. The Morgan fingerprint density at radius 3 is 2.73 bits per heavy atom. The van der Waals surface area contributed by atoms with Crippen molar-refractivity contribution in [1.82, 2.24) is 15.5 Å². The van der Waals surface area contributed by atoms with Crippen molar-refractivity contribution in [1.29, 1.82) is 0 Å². The largest absolute Gasteiger partial charge is 0.486 e. The van der Waals surface area contributed by atoms with Gasteiger partial charge >= 0.3 is 6.03 Å². The van der Waals surface area contributed by atoms with Crippen LogP contribution < -0.4 is 25.4 Å². The van der Waals surface area contributed by atoms with Crippen molar-refractivity contribution in [2.75, 3.05) is 25.1 Å². The summed E-state index contributed by atoms with van der Waals surface area (Å²) < 4.78 is 11.0. The summed E-state index contributed by atoms with van der Waals surface area (Å²) in [5, 5.41) is 8.64. The first kappa shape index (κ1) is 20.3. The van der Waals surface area contributed by atoms with Crippen LogP contribution in [0.2, 0.25) is 0 Å². The lowest BCUT2D eigenvalue weighted by molar-refractivity contribution is -0.135. The van der Waals surface area contributed by atoms with Crippen molar-refractivity contribution in [3.05, 3.63) is 18.2 Å². The van der Waals surface area contributed by atoms with Gasteiger partial charge in [0.25, 0.3) is 0 Å².